The summed E-state index contributed by atoms with van der Waals surface area (Å²) in [6.45, 7) is 0. The summed E-state index contributed by atoms with van der Waals surface area (Å²) in [6.07, 6.45) is 0. The molecule has 0 radical (unpaired) electrons. The minimum absolute atomic E-state index is 0.614. The highest BCUT2D eigenvalue weighted by atomic mass is 15.0. The fourth-order valence-electron chi connectivity index (χ4n) is 14.8. The third kappa shape index (κ3) is 11.7. The molecule has 9 heteroatoms. The van der Waals surface area contributed by atoms with E-state index in [9.17, 15) is 0 Å². The van der Waals surface area contributed by atoms with Crippen LogP contribution in [0.15, 0.2) is 382 Å². The van der Waals surface area contributed by atoms with Gasteiger partial charge in [0.2, 0.25) is 0 Å². The standard InChI is InChI=1S/C49H32N4.C48H31N5/c1-4-15-33(16-5-1)37-19-14-20-38(31-37)44-32-43(51-49(52-44)36-17-6-2-7-18-36)34-27-29-35(30-28-34)47-46-41-24-11-13-26-45(41)53(39-21-8-3-9-22-39)48(46)40-23-10-12-25-42(40)50-47;1-4-15-32(16-5-1)36-19-14-20-37(31-36)48-51-46(34-17-6-2-7-18-34)50-47(52-48)35-29-27-33(28-30-35)44-43-40-24-11-13-26-42(40)53(38-21-8-3-9-22-38)45(43)39-23-10-12-25-41(39)49-44/h1-32H;1-31H. The smallest absolute Gasteiger partial charge is 0.164 e. The molecule has 0 amide bonds. The molecule has 6 heterocycles. The lowest BCUT2D eigenvalue weighted by Crippen LogP contribution is -2.00. The average Bonchev–Trinajstić information content (AvgIpc) is 1.56. The Morgan fingerprint density at radius 2 is 0.481 bits per heavy atom. The van der Waals surface area contributed by atoms with Gasteiger partial charge in [0.1, 0.15) is 0 Å². The van der Waals surface area contributed by atoms with Crippen LogP contribution in [-0.2, 0) is 0 Å². The maximum Gasteiger partial charge on any atom is 0.164 e. The molecule has 0 atom stereocenters. The van der Waals surface area contributed by atoms with E-state index in [4.69, 9.17) is 34.9 Å². The van der Waals surface area contributed by atoms with E-state index in [1.54, 1.807) is 0 Å². The molecule has 0 saturated heterocycles. The fraction of sp³-hybridized carbons (Fsp3) is 0. The molecule has 0 bridgehead atoms. The molecule has 9 nitrogen and oxygen atoms in total. The summed E-state index contributed by atoms with van der Waals surface area (Å²) in [5, 5.41) is 6.85. The van der Waals surface area contributed by atoms with Gasteiger partial charge in [0, 0.05) is 88.2 Å². The van der Waals surface area contributed by atoms with Gasteiger partial charge in [0.15, 0.2) is 23.3 Å². The Balaban J connectivity index is 0.000000145. The molecule has 14 aromatic carbocycles. The lowest BCUT2D eigenvalue weighted by atomic mass is 9.99. The van der Waals surface area contributed by atoms with Crippen LogP contribution < -0.4 is 0 Å². The second-order valence-corrected chi connectivity index (χ2v) is 26.3. The number of para-hydroxylation sites is 6. The maximum absolute atomic E-state index is 5.33. The second-order valence-electron chi connectivity index (χ2n) is 26.3. The monoisotopic (exact) mass is 1350 g/mol. The highest BCUT2D eigenvalue weighted by molar-refractivity contribution is 6.24. The number of fused-ring (bicyclic) bond motifs is 10. The van der Waals surface area contributed by atoms with Crippen molar-refractivity contribution in [3.63, 3.8) is 0 Å². The average molecular weight is 1350 g/mol. The van der Waals surface area contributed by atoms with Crippen LogP contribution in [0.2, 0.25) is 0 Å². The van der Waals surface area contributed by atoms with E-state index in [2.05, 4.69) is 331 Å². The number of aromatic nitrogens is 9. The van der Waals surface area contributed by atoms with Crippen molar-refractivity contribution >= 4 is 65.4 Å². The summed E-state index contributed by atoms with van der Waals surface area (Å²) in [5.74, 6) is 2.57. The summed E-state index contributed by atoms with van der Waals surface area (Å²) >= 11 is 0. The molecule has 0 saturated carbocycles. The Labute approximate surface area is 612 Å². The molecule has 0 unspecified atom stereocenters. The summed E-state index contributed by atoms with van der Waals surface area (Å²) < 4.78 is 4.75. The normalized spacial score (nSPS) is 11.4. The number of pyridine rings is 2. The fourth-order valence-corrected chi connectivity index (χ4v) is 14.8. The van der Waals surface area contributed by atoms with Crippen LogP contribution in [0, 0.1) is 0 Å². The largest absolute Gasteiger partial charge is 0.308 e. The van der Waals surface area contributed by atoms with Gasteiger partial charge < -0.3 is 9.13 Å². The van der Waals surface area contributed by atoms with Crippen molar-refractivity contribution in [1.29, 1.82) is 0 Å². The van der Waals surface area contributed by atoms with Crippen LogP contribution in [-0.4, -0.2) is 44.0 Å². The van der Waals surface area contributed by atoms with E-state index in [1.165, 1.54) is 10.9 Å². The maximum atomic E-state index is 5.33. The van der Waals surface area contributed by atoms with Gasteiger partial charge in [-0.3, -0.25) is 0 Å². The first-order valence-corrected chi connectivity index (χ1v) is 35.6. The highest BCUT2D eigenvalue weighted by Gasteiger charge is 2.24. The third-order valence-corrected chi connectivity index (χ3v) is 19.8. The van der Waals surface area contributed by atoms with Crippen molar-refractivity contribution in [2.75, 3.05) is 0 Å². The first kappa shape index (κ1) is 62.6. The van der Waals surface area contributed by atoms with Gasteiger partial charge in [-0.25, -0.2) is 34.9 Å². The van der Waals surface area contributed by atoms with Gasteiger partial charge in [-0.05, 0) is 89.0 Å². The van der Waals surface area contributed by atoms with E-state index < -0.39 is 0 Å². The predicted octanol–water partition coefficient (Wildman–Crippen LogP) is 24.3. The molecule has 106 heavy (non-hydrogen) atoms. The Bertz CT molecular complexity index is 6240. The van der Waals surface area contributed by atoms with Crippen molar-refractivity contribution in [3.05, 3.63) is 382 Å². The molecular weight excluding hydrogens is 1290 g/mol. The van der Waals surface area contributed by atoms with Crippen molar-refractivity contribution < 1.29 is 0 Å². The Kier molecular flexibility index (Phi) is 16.0. The van der Waals surface area contributed by atoms with Crippen LogP contribution in [0.3, 0.4) is 0 Å². The molecule has 20 aromatic rings. The lowest BCUT2D eigenvalue weighted by Gasteiger charge is -2.13. The van der Waals surface area contributed by atoms with Crippen LogP contribution >= 0.6 is 0 Å². The molecular formula is C97H63N9. The molecule has 0 aliphatic carbocycles. The first-order chi connectivity index (χ1) is 52.6. The number of hydrogen-bond donors (Lipinski definition) is 0. The minimum Gasteiger partial charge on any atom is -0.308 e. The Hall–Kier alpha value is -14.4. The van der Waals surface area contributed by atoms with Crippen LogP contribution in [0.25, 0.3) is 190 Å². The summed E-state index contributed by atoms with van der Waals surface area (Å²) in [6, 6.07) is 133. The van der Waals surface area contributed by atoms with Crippen molar-refractivity contribution in [3.8, 4) is 124 Å². The van der Waals surface area contributed by atoms with E-state index in [1.807, 2.05) is 60.7 Å². The van der Waals surface area contributed by atoms with E-state index >= 15 is 0 Å². The van der Waals surface area contributed by atoms with Gasteiger partial charge >= 0.3 is 0 Å². The van der Waals surface area contributed by atoms with E-state index in [0.29, 0.717) is 23.3 Å². The highest BCUT2D eigenvalue weighted by Crippen LogP contribution is 2.44. The summed E-state index contributed by atoms with van der Waals surface area (Å²) in [4.78, 5) is 35.9. The number of rotatable bonds is 12. The van der Waals surface area contributed by atoms with Gasteiger partial charge in [0.25, 0.3) is 0 Å². The SMILES string of the molecule is c1ccc(-c2cccc(-c3cc(-c4ccc(-c5nc6ccccc6c6c5c5ccccc5n6-c5ccccc5)cc4)nc(-c4ccccc4)n3)c2)cc1.c1ccc(-c2cccc(-c3nc(-c4ccccc4)nc(-c4ccc(-c5nc6ccccc6c6c5c5ccccc5n6-c5ccccc5)cc4)n3)c2)cc1. The second kappa shape index (κ2) is 27.2. The van der Waals surface area contributed by atoms with E-state index in [0.717, 1.165) is 155 Å². The molecule has 0 aliphatic heterocycles. The minimum atomic E-state index is 0.614. The molecule has 0 aliphatic rings. The van der Waals surface area contributed by atoms with Crippen LogP contribution in [0.1, 0.15) is 0 Å². The summed E-state index contributed by atoms with van der Waals surface area (Å²) in [5.41, 5.74) is 24.8. The summed E-state index contributed by atoms with van der Waals surface area (Å²) in [7, 11) is 0. The molecule has 0 spiro atoms. The van der Waals surface area contributed by atoms with Gasteiger partial charge in [-0.2, -0.15) is 0 Å². The number of nitrogens with zero attached hydrogens (tertiary/aromatic N) is 9. The van der Waals surface area contributed by atoms with Crippen molar-refractivity contribution in [1.82, 2.24) is 44.0 Å². The molecule has 6 aromatic heterocycles. The predicted molar refractivity (Wildman–Crippen MR) is 435 cm³/mol. The molecule has 0 N–H and O–H groups in total. The van der Waals surface area contributed by atoms with Crippen molar-refractivity contribution in [2.24, 2.45) is 0 Å². The van der Waals surface area contributed by atoms with Gasteiger partial charge in [-0.15, -0.1) is 0 Å². The lowest BCUT2D eigenvalue weighted by molar-refractivity contribution is 1.07. The number of hydrogen-bond acceptors (Lipinski definition) is 7. The van der Waals surface area contributed by atoms with Crippen LogP contribution in [0.5, 0.6) is 0 Å². The van der Waals surface area contributed by atoms with Crippen molar-refractivity contribution in [2.45, 2.75) is 0 Å². The Morgan fingerprint density at radius 3 is 0.934 bits per heavy atom. The molecule has 0 fully saturated rings. The first-order valence-electron chi connectivity index (χ1n) is 35.6. The van der Waals surface area contributed by atoms with E-state index in [-0.39, 0.29) is 0 Å². The van der Waals surface area contributed by atoms with Gasteiger partial charge in [0.05, 0.1) is 55.9 Å². The Morgan fingerprint density at radius 1 is 0.179 bits per heavy atom. The zero-order valence-corrected chi connectivity index (χ0v) is 57.4. The third-order valence-electron chi connectivity index (χ3n) is 19.8. The van der Waals surface area contributed by atoms with Crippen LogP contribution in [0.4, 0.5) is 0 Å². The quantitative estimate of drug-likeness (QED) is 0.120. The topological polar surface area (TPSA) is 100 Å². The number of benzene rings is 14. The zero-order valence-electron chi connectivity index (χ0n) is 57.4. The zero-order chi connectivity index (χ0) is 70.3. The van der Waals surface area contributed by atoms with Gasteiger partial charge in [-0.1, -0.05) is 315 Å². The molecule has 496 valence electrons. The molecule has 20 rings (SSSR count).